The van der Waals surface area contributed by atoms with E-state index in [2.05, 4.69) is 4.99 Å². The normalized spacial score (nSPS) is 15.6. The van der Waals surface area contributed by atoms with E-state index in [1.54, 1.807) is 26.0 Å². The maximum atomic E-state index is 12.8. The lowest BCUT2D eigenvalue weighted by Gasteiger charge is -2.22. The minimum absolute atomic E-state index is 0.0962. The summed E-state index contributed by atoms with van der Waals surface area (Å²) in [7, 11) is 0. The Labute approximate surface area is 164 Å². The predicted molar refractivity (Wildman–Crippen MR) is 105 cm³/mol. The molecule has 0 unspecified atom stereocenters. The van der Waals surface area contributed by atoms with Gasteiger partial charge in [0.15, 0.2) is 4.80 Å². The third-order valence-corrected chi connectivity index (χ3v) is 5.62. The van der Waals surface area contributed by atoms with Crippen LogP contribution >= 0.6 is 11.3 Å². The van der Waals surface area contributed by atoms with Crippen molar-refractivity contribution in [3.8, 4) is 0 Å². The molecule has 0 amide bonds. The van der Waals surface area contributed by atoms with Gasteiger partial charge in [-0.25, -0.2) is 9.79 Å². The first-order chi connectivity index (χ1) is 13.3. The molecule has 0 spiro atoms. The van der Waals surface area contributed by atoms with Crippen LogP contribution in [0.1, 0.15) is 39.3 Å². The molecule has 1 aliphatic rings. The summed E-state index contributed by atoms with van der Waals surface area (Å²) in [5.41, 5.74) is 1.64. The van der Waals surface area contributed by atoms with Crippen LogP contribution in [0.5, 0.6) is 0 Å². The zero-order chi connectivity index (χ0) is 20.6. The molecular weight excluding hydrogens is 382 g/mol. The number of thiazole rings is 1. The SMILES string of the molecule is CCOC(=O)C1=C(C)n2c(sc(=C(C)C)c2=O)=N[C@H]1c1cccc([N+](=O)[O-])c1. The van der Waals surface area contributed by atoms with Crippen LogP contribution in [0.3, 0.4) is 0 Å². The molecule has 0 fully saturated rings. The van der Waals surface area contributed by atoms with Crippen LogP contribution in [0.15, 0.2) is 39.6 Å². The van der Waals surface area contributed by atoms with Crippen LogP contribution in [0, 0.1) is 10.1 Å². The number of esters is 1. The Hall–Kier alpha value is -3.07. The average molecular weight is 401 g/mol. The van der Waals surface area contributed by atoms with Crippen LogP contribution in [-0.4, -0.2) is 22.1 Å². The molecule has 9 heteroatoms. The highest BCUT2D eigenvalue weighted by molar-refractivity contribution is 7.07. The van der Waals surface area contributed by atoms with E-state index in [9.17, 15) is 19.7 Å². The van der Waals surface area contributed by atoms with E-state index >= 15 is 0 Å². The molecule has 28 heavy (non-hydrogen) atoms. The Bertz CT molecular complexity index is 1180. The number of aromatic nitrogens is 1. The first-order valence-electron chi connectivity index (χ1n) is 8.66. The maximum absolute atomic E-state index is 12.8. The molecule has 0 saturated heterocycles. The summed E-state index contributed by atoms with van der Waals surface area (Å²) in [5, 5.41) is 11.2. The second-order valence-electron chi connectivity index (χ2n) is 6.46. The molecule has 1 aromatic heterocycles. The average Bonchev–Trinajstić information content (AvgIpc) is 2.99. The fourth-order valence-corrected chi connectivity index (χ4v) is 4.11. The Kier molecular flexibility index (Phi) is 5.28. The summed E-state index contributed by atoms with van der Waals surface area (Å²) in [6.07, 6.45) is 0. The molecule has 1 aliphatic heterocycles. The number of carbonyl (C=O) groups excluding carboxylic acids is 1. The minimum atomic E-state index is -0.790. The summed E-state index contributed by atoms with van der Waals surface area (Å²) in [6.45, 7) is 7.18. The Morgan fingerprint density at radius 2 is 2.11 bits per heavy atom. The van der Waals surface area contributed by atoms with E-state index in [1.807, 2.05) is 13.8 Å². The number of rotatable bonds is 4. The van der Waals surface area contributed by atoms with Crippen molar-refractivity contribution in [3.63, 3.8) is 0 Å². The number of fused-ring (bicyclic) bond motifs is 1. The van der Waals surface area contributed by atoms with Crippen molar-refractivity contribution in [1.29, 1.82) is 0 Å². The van der Waals surface area contributed by atoms with E-state index in [4.69, 9.17) is 4.74 Å². The van der Waals surface area contributed by atoms with Crippen molar-refractivity contribution < 1.29 is 14.5 Å². The smallest absolute Gasteiger partial charge is 0.338 e. The van der Waals surface area contributed by atoms with E-state index in [0.29, 0.717) is 20.6 Å². The quantitative estimate of drug-likeness (QED) is 0.444. The molecule has 1 aromatic carbocycles. The Balaban J connectivity index is 2.34. The van der Waals surface area contributed by atoms with Gasteiger partial charge in [0, 0.05) is 17.8 Å². The van der Waals surface area contributed by atoms with Gasteiger partial charge in [-0.2, -0.15) is 0 Å². The fraction of sp³-hybridized carbons (Fsp3) is 0.316. The van der Waals surface area contributed by atoms with E-state index in [1.165, 1.54) is 28.0 Å². The van der Waals surface area contributed by atoms with Gasteiger partial charge in [-0.15, -0.1) is 0 Å². The summed E-state index contributed by atoms with van der Waals surface area (Å²) >= 11 is 1.24. The van der Waals surface area contributed by atoms with Crippen LogP contribution in [-0.2, 0) is 9.53 Å². The van der Waals surface area contributed by atoms with E-state index in [0.717, 1.165) is 5.57 Å². The van der Waals surface area contributed by atoms with Crippen molar-refractivity contribution in [1.82, 2.24) is 4.57 Å². The van der Waals surface area contributed by atoms with Gasteiger partial charge in [-0.3, -0.25) is 19.5 Å². The molecule has 0 N–H and O–H groups in total. The monoisotopic (exact) mass is 401 g/mol. The van der Waals surface area contributed by atoms with Gasteiger partial charge in [0.1, 0.15) is 6.04 Å². The number of nitrogens with zero attached hydrogens (tertiary/aromatic N) is 3. The predicted octanol–water partition coefficient (Wildman–Crippen LogP) is 2.18. The first kappa shape index (κ1) is 19.7. The van der Waals surface area contributed by atoms with Gasteiger partial charge < -0.3 is 4.74 Å². The standard InChI is InChI=1S/C19H19N3O5S/c1-5-27-18(24)14-11(4)21-17(23)16(10(2)3)28-19(21)20-15(14)12-7-6-8-13(9-12)22(25)26/h6-9,15H,5H2,1-4H3/t15-/m0/s1. The van der Waals surface area contributed by atoms with Crippen LogP contribution in [0.2, 0.25) is 0 Å². The number of allylic oxidation sites excluding steroid dienone is 1. The number of benzene rings is 1. The second-order valence-corrected chi connectivity index (χ2v) is 7.44. The topological polar surface area (TPSA) is 104 Å². The Morgan fingerprint density at radius 3 is 2.71 bits per heavy atom. The lowest BCUT2D eigenvalue weighted by atomic mass is 9.96. The molecule has 0 aliphatic carbocycles. The number of carbonyl (C=O) groups is 1. The summed E-state index contributed by atoms with van der Waals surface area (Å²) < 4.78 is 7.15. The first-order valence-corrected chi connectivity index (χ1v) is 9.47. The molecule has 1 atom stereocenters. The lowest BCUT2D eigenvalue weighted by Crippen LogP contribution is -2.35. The molecule has 2 heterocycles. The summed E-state index contributed by atoms with van der Waals surface area (Å²) in [6, 6.07) is 5.20. The molecule has 0 bridgehead atoms. The van der Waals surface area contributed by atoms with Gasteiger partial charge in [-0.05, 0) is 33.3 Å². The zero-order valence-electron chi connectivity index (χ0n) is 15.9. The van der Waals surface area contributed by atoms with Crippen molar-refractivity contribution in [3.05, 3.63) is 65.2 Å². The number of ether oxygens (including phenoxy) is 1. The number of hydrogen-bond acceptors (Lipinski definition) is 7. The van der Waals surface area contributed by atoms with Gasteiger partial charge in [0.05, 0.1) is 21.6 Å². The van der Waals surface area contributed by atoms with Gasteiger partial charge in [0.25, 0.3) is 11.2 Å². The van der Waals surface area contributed by atoms with Gasteiger partial charge in [0.2, 0.25) is 0 Å². The number of nitro groups is 1. The van der Waals surface area contributed by atoms with Gasteiger partial charge in [-0.1, -0.05) is 29.0 Å². The molecule has 0 radical (unpaired) electrons. The molecular formula is C19H19N3O5S. The van der Waals surface area contributed by atoms with Crippen LogP contribution in [0.4, 0.5) is 5.69 Å². The number of nitro benzene ring substituents is 1. The van der Waals surface area contributed by atoms with Crippen molar-refractivity contribution >= 4 is 34.3 Å². The maximum Gasteiger partial charge on any atom is 0.338 e. The summed E-state index contributed by atoms with van der Waals surface area (Å²) in [5.74, 6) is -0.595. The third kappa shape index (κ3) is 3.29. The van der Waals surface area contributed by atoms with Crippen molar-refractivity contribution in [2.75, 3.05) is 6.61 Å². The molecule has 8 nitrogen and oxygen atoms in total. The molecule has 146 valence electrons. The van der Waals surface area contributed by atoms with Crippen molar-refractivity contribution in [2.24, 2.45) is 4.99 Å². The van der Waals surface area contributed by atoms with Crippen LogP contribution < -0.4 is 14.9 Å². The molecule has 3 rings (SSSR count). The Morgan fingerprint density at radius 1 is 1.39 bits per heavy atom. The van der Waals surface area contributed by atoms with Crippen LogP contribution in [0.25, 0.3) is 11.3 Å². The highest BCUT2D eigenvalue weighted by Gasteiger charge is 2.32. The summed E-state index contributed by atoms with van der Waals surface area (Å²) in [4.78, 5) is 41.2. The largest absolute Gasteiger partial charge is 0.463 e. The zero-order valence-corrected chi connectivity index (χ0v) is 16.7. The second kappa shape index (κ2) is 7.51. The van der Waals surface area contributed by atoms with E-state index in [-0.39, 0.29) is 23.4 Å². The number of hydrogen-bond donors (Lipinski definition) is 0. The van der Waals surface area contributed by atoms with E-state index < -0.39 is 16.9 Å². The highest BCUT2D eigenvalue weighted by atomic mass is 32.1. The number of non-ortho nitro benzene ring substituents is 1. The lowest BCUT2D eigenvalue weighted by molar-refractivity contribution is -0.384. The molecule has 2 aromatic rings. The van der Waals surface area contributed by atoms with Crippen molar-refractivity contribution in [2.45, 2.75) is 33.7 Å². The molecule has 0 saturated carbocycles. The highest BCUT2D eigenvalue weighted by Crippen LogP contribution is 2.33. The van der Waals surface area contributed by atoms with Gasteiger partial charge >= 0.3 is 5.97 Å². The third-order valence-electron chi connectivity index (χ3n) is 4.37. The fourth-order valence-electron chi connectivity index (χ4n) is 3.08. The minimum Gasteiger partial charge on any atom is -0.463 e.